The van der Waals surface area contributed by atoms with Crippen LogP contribution < -0.4 is 15.5 Å². The van der Waals surface area contributed by atoms with Gasteiger partial charge in [0.2, 0.25) is 0 Å². The molecule has 1 fully saturated rings. The van der Waals surface area contributed by atoms with E-state index in [1.807, 2.05) is 24.3 Å². The van der Waals surface area contributed by atoms with Crippen LogP contribution in [0.4, 0.5) is 13.2 Å². The van der Waals surface area contributed by atoms with Crippen LogP contribution in [0.15, 0.2) is 60.0 Å². The second-order valence-electron chi connectivity index (χ2n) is 6.79. The molecule has 0 atom stereocenters. The molecule has 1 saturated carbocycles. The summed E-state index contributed by atoms with van der Waals surface area (Å²) in [4.78, 5) is 4.26. The molecule has 1 aliphatic rings. The molecule has 31 heavy (non-hydrogen) atoms. The van der Waals surface area contributed by atoms with Gasteiger partial charge in [-0.2, -0.15) is 5.10 Å². The van der Waals surface area contributed by atoms with Crippen LogP contribution in [0.25, 0.3) is 17.1 Å². The smallest absolute Gasteiger partial charge is 0.406 e. The van der Waals surface area contributed by atoms with Gasteiger partial charge in [-0.15, -0.1) is 18.3 Å². The maximum absolute atomic E-state index is 12.3. The second-order valence-corrected chi connectivity index (χ2v) is 7.20. The lowest BCUT2D eigenvalue weighted by Gasteiger charge is -2.09. The van der Waals surface area contributed by atoms with Crippen molar-refractivity contribution in [1.82, 2.24) is 25.5 Å². The van der Waals surface area contributed by atoms with Gasteiger partial charge in [0.25, 0.3) is 0 Å². The van der Waals surface area contributed by atoms with Crippen LogP contribution in [0.1, 0.15) is 18.4 Å². The van der Waals surface area contributed by atoms with Gasteiger partial charge in [0.15, 0.2) is 10.9 Å². The molecule has 1 aliphatic carbocycles. The molecule has 1 heterocycles. The Bertz CT molecular complexity index is 1080. The minimum absolute atomic E-state index is 0.299. The number of nitrogens with one attached hydrogen (secondary N) is 2. The minimum atomic E-state index is -4.73. The number of thiocarbonyl (C=S) groups is 1. The van der Waals surface area contributed by atoms with Crippen molar-refractivity contribution >= 4 is 23.5 Å². The average Bonchev–Trinajstić information content (AvgIpc) is 3.40. The molecule has 0 saturated heterocycles. The number of halogens is 3. The summed E-state index contributed by atoms with van der Waals surface area (Å²) in [5.74, 6) is 0.180. The zero-order chi connectivity index (χ0) is 21.8. The normalized spacial score (nSPS) is 13.9. The lowest BCUT2D eigenvalue weighted by atomic mass is 10.1. The second kappa shape index (κ2) is 8.72. The molecule has 0 unspecified atom stereocenters. The molecule has 2 aromatic carbocycles. The van der Waals surface area contributed by atoms with Crippen molar-refractivity contribution in [3.05, 3.63) is 60.4 Å². The van der Waals surface area contributed by atoms with Crippen LogP contribution in [0.3, 0.4) is 0 Å². The highest BCUT2D eigenvalue weighted by Crippen LogP contribution is 2.24. The van der Waals surface area contributed by atoms with Crippen LogP contribution in [-0.4, -0.2) is 38.5 Å². The van der Waals surface area contributed by atoms with Crippen molar-refractivity contribution < 1.29 is 17.9 Å². The Labute approximate surface area is 180 Å². The quantitative estimate of drug-likeness (QED) is 0.341. The first-order valence-electron chi connectivity index (χ1n) is 9.33. The highest BCUT2D eigenvalue weighted by molar-refractivity contribution is 7.80. The van der Waals surface area contributed by atoms with E-state index >= 15 is 0 Å². The monoisotopic (exact) mass is 446 g/mol. The molecule has 0 spiro atoms. The van der Waals surface area contributed by atoms with E-state index < -0.39 is 6.36 Å². The summed E-state index contributed by atoms with van der Waals surface area (Å²) < 4.78 is 42.1. The third kappa shape index (κ3) is 6.01. The van der Waals surface area contributed by atoms with Crippen LogP contribution >= 0.6 is 12.2 Å². The van der Waals surface area contributed by atoms with E-state index in [2.05, 4.69) is 30.7 Å². The third-order valence-corrected chi connectivity index (χ3v) is 4.50. The van der Waals surface area contributed by atoms with Gasteiger partial charge < -0.3 is 10.1 Å². The van der Waals surface area contributed by atoms with Gasteiger partial charge in [-0.25, -0.2) is 9.67 Å². The Balaban J connectivity index is 1.37. The standard InChI is InChI=1S/C20H17F3N6OS/c21-20(22,23)30-17-9-7-16(8-10-17)29-12-24-18(28-29)14-3-1-13(2-4-14)11-25-27-19(31)26-15-5-6-15/h1-4,7-12,15H,5-6H2,(H2,26,27,31). The molecule has 0 bridgehead atoms. The van der Waals surface area contributed by atoms with Crippen molar-refractivity contribution in [2.45, 2.75) is 25.2 Å². The number of ether oxygens (including phenoxy) is 1. The molecule has 0 radical (unpaired) electrons. The Hall–Kier alpha value is -3.47. The topological polar surface area (TPSA) is 76.4 Å². The number of aromatic nitrogens is 3. The van der Waals surface area contributed by atoms with Gasteiger partial charge in [-0.3, -0.25) is 5.43 Å². The van der Waals surface area contributed by atoms with E-state index in [0.717, 1.165) is 24.0 Å². The fraction of sp³-hybridized carbons (Fsp3) is 0.200. The Morgan fingerprint density at radius 1 is 1.13 bits per heavy atom. The van der Waals surface area contributed by atoms with Gasteiger partial charge in [0, 0.05) is 11.6 Å². The molecule has 11 heteroatoms. The molecule has 0 aliphatic heterocycles. The van der Waals surface area contributed by atoms with Crippen LogP contribution in [0.5, 0.6) is 5.75 Å². The molecule has 0 amide bonds. The van der Waals surface area contributed by atoms with Gasteiger partial charge >= 0.3 is 6.36 Å². The summed E-state index contributed by atoms with van der Waals surface area (Å²) >= 11 is 5.13. The molecule has 7 nitrogen and oxygen atoms in total. The SMILES string of the molecule is FC(F)(F)Oc1ccc(-n2cnc(-c3ccc(C=NNC(=S)NC4CC4)cc3)n2)cc1. The molecular weight excluding hydrogens is 429 g/mol. The zero-order valence-corrected chi connectivity index (χ0v) is 16.8. The molecule has 160 valence electrons. The number of hydrazone groups is 1. The van der Waals surface area contributed by atoms with Gasteiger partial charge in [-0.05, 0) is 54.9 Å². The minimum Gasteiger partial charge on any atom is -0.406 e. The Kier molecular flexibility index (Phi) is 5.85. The average molecular weight is 446 g/mol. The zero-order valence-electron chi connectivity index (χ0n) is 16.0. The number of hydrogen-bond donors (Lipinski definition) is 2. The number of nitrogens with zero attached hydrogens (tertiary/aromatic N) is 4. The Morgan fingerprint density at radius 3 is 2.48 bits per heavy atom. The number of hydrogen-bond acceptors (Lipinski definition) is 5. The van der Waals surface area contributed by atoms with Crippen molar-refractivity contribution in [3.63, 3.8) is 0 Å². The van der Waals surface area contributed by atoms with Crippen LogP contribution in [-0.2, 0) is 0 Å². The molecule has 1 aromatic heterocycles. The molecule has 2 N–H and O–H groups in total. The maximum Gasteiger partial charge on any atom is 0.573 e. The predicted molar refractivity (Wildman–Crippen MR) is 113 cm³/mol. The van der Waals surface area contributed by atoms with Crippen LogP contribution in [0, 0.1) is 0 Å². The summed E-state index contributed by atoms with van der Waals surface area (Å²) in [7, 11) is 0. The predicted octanol–water partition coefficient (Wildman–Crippen LogP) is 3.79. The number of benzene rings is 2. The highest BCUT2D eigenvalue weighted by Gasteiger charge is 2.31. The van der Waals surface area contributed by atoms with E-state index in [4.69, 9.17) is 12.2 Å². The highest BCUT2D eigenvalue weighted by atomic mass is 32.1. The first-order chi connectivity index (χ1) is 14.9. The lowest BCUT2D eigenvalue weighted by molar-refractivity contribution is -0.274. The summed E-state index contributed by atoms with van der Waals surface area (Å²) in [6.45, 7) is 0. The summed E-state index contributed by atoms with van der Waals surface area (Å²) in [6, 6.07) is 13.3. The van der Waals surface area contributed by atoms with E-state index in [9.17, 15) is 13.2 Å². The van der Waals surface area contributed by atoms with E-state index in [0.29, 0.717) is 22.7 Å². The molecule has 3 aromatic rings. The summed E-state index contributed by atoms with van der Waals surface area (Å²) in [6.07, 6.45) is 0.681. The molecule has 4 rings (SSSR count). The largest absolute Gasteiger partial charge is 0.573 e. The van der Waals surface area contributed by atoms with Crippen molar-refractivity contribution in [1.29, 1.82) is 0 Å². The first-order valence-corrected chi connectivity index (χ1v) is 9.74. The van der Waals surface area contributed by atoms with Gasteiger partial charge in [0.1, 0.15) is 12.1 Å². The number of rotatable bonds is 6. The fourth-order valence-corrected chi connectivity index (χ4v) is 2.87. The van der Waals surface area contributed by atoms with Gasteiger partial charge in [0.05, 0.1) is 11.9 Å². The van der Waals surface area contributed by atoms with Crippen LogP contribution in [0.2, 0.25) is 0 Å². The van der Waals surface area contributed by atoms with E-state index in [1.165, 1.54) is 35.3 Å². The summed E-state index contributed by atoms with van der Waals surface area (Å²) in [5, 5.41) is 12.1. The fourth-order valence-electron chi connectivity index (χ4n) is 2.65. The van der Waals surface area contributed by atoms with Crippen molar-refractivity contribution in [2.75, 3.05) is 0 Å². The van der Waals surface area contributed by atoms with E-state index in [-0.39, 0.29) is 5.75 Å². The van der Waals surface area contributed by atoms with E-state index in [1.54, 1.807) is 6.21 Å². The number of alkyl halides is 3. The lowest BCUT2D eigenvalue weighted by Crippen LogP contribution is -2.33. The third-order valence-electron chi connectivity index (χ3n) is 4.29. The first kappa shape index (κ1) is 20.8. The molecular formula is C20H17F3N6OS. The van der Waals surface area contributed by atoms with Crippen molar-refractivity contribution in [2.24, 2.45) is 5.10 Å². The van der Waals surface area contributed by atoms with Gasteiger partial charge in [-0.1, -0.05) is 24.3 Å². The van der Waals surface area contributed by atoms with Crippen molar-refractivity contribution in [3.8, 4) is 22.8 Å². The Morgan fingerprint density at radius 2 is 1.84 bits per heavy atom. The maximum atomic E-state index is 12.3. The summed E-state index contributed by atoms with van der Waals surface area (Å²) in [5.41, 5.74) is 4.98.